The molecule has 3 heterocycles. The summed E-state index contributed by atoms with van der Waals surface area (Å²) in [6.07, 6.45) is 7.82. The van der Waals surface area contributed by atoms with Crippen LogP contribution in [0.3, 0.4) is 0 Å². The van der Waals surface area contributed by atoms with E-state index in [9.17, 15) is 9.59 Å². The van der Waals surface area contributed by atoms with Crippen LogP contribution in [-0.4, -0.2) is 40.3 Å². The molecule has 0 spiro atoms. The average Bonchev–Trinajstić information content (AvgIpc) is 2.82. The van der Waals surface area contributed by atoms with E-state index in [1.807, 2.05) is 48.7 Å². The van der Waals surface area contributed by atoms with E-state index in [4.69, 9.17) is 0 Å². The van der Waals surface area contributed by atoms with Crippen LogP contribution in [0.15, 0.2) is 71.9 Å². The highest BCUT2D eigenvalue weighted by Crippen LogP contribution is 2.22. The van der Waals surface area contributed by atoms with Gasteiger partial charge in [-0.3, -0.25) is 14.6 Å². The Morgan fingerprint density at radius 2 is 1.94 bits per heavy atom. The number of aromatic nitrogens is 3. The minimum atomic E-state index is -0.135. The van der Waals surface area contributed by atoms with Gasteiger partial charge in [0, 0.05) is 38.1 Å². The van der Waals surface area contributed by atoms with E-state index < -0.39 is 0 Å². The Morgan fingerprint density at radius 1 is 1.10 bits per heavy atom. The molecule has 1 aliphatic heterocycles. The third-order valence-electron chi connectivity index (χ3n) is 5.62. The normalized spacial score (nSPS) is 16.1. The van der Waals surface area contributed by atoms with E-state index in [-0.39, 0.29) is 17.4 Å². The van der Waals surface area contributed by atoms with Gasteiger partial charge in [-0.1, -0.05) is 36.4 Å². The summed E-state index contributed by atoms with van der Waals surface area (Å²) < 4.78 is 1.46. The number of carbonyl (C=O) groups is 1. The number of anilines is 1. The van der Waals surface area contributed by atoms with Crippen LogP contribution in [-0.2, 0) is 17.8 Å². The molecule has 1 N–H and O–H groups in total. The van der Waals surface area contributed by atoms with Crippen molar-refractivity contribution >= 4 is 11.6 Å². The van der Waals surface area contributed by atoms with Gasteiger partial charge in [-0.25, -0.2) is 4.68 Å². The predicted octanol–water partition coefficient (Wildman–Crippen LogP) is 2.26. The summed E-state index contributed by atoms with van der Waals surface area (Å²) in [5.74, 6) is -0.0200. The fourth-order valence-electron chi connectivity index (χ4n) is 3.92. The first-order valence-electron chi connectivity index (χ1n) is 10.7. The Bertz CT molecular complexity index is 1050. The molecule has 160 valence electrons. The van der Waals surface area contributed by atoms with Gasteiger partial charge in [0.05, 0.1) is 24.3 Å². The van der Waals surface area contributed by atoms with Gasteiger partial charge in [-0.15, -0.1) is 0 Å². The monoisotopic (exact) mass is 417 g/mol. The highest BCUT2D eigenvalue weighted by molar-refractivity contribution is 5.79. The Morgan fingerprint density at radius 3 is 2.71 bits per heavy atom. The largest absolute Gasteiger partial charge is 0.369 e. The molecule has 0 saturated carbocycles. The first-order chi connectivity index (χ1) is 15.2. The zero-order chi connectivity index (χ0) is 21.5. The van der Waals surface area contributed by atoms with Crippen molar-refractivity contribution < 1.29 is 4.79 Å². The average molecular weight is 418 g/mol. The van der Waals surface area contributed by atoms with Crippen LogP contribution in [0.5, 0.6) is 0 Å². The molecule has 2 aromatic heterocycles. The number of rotatable bonds is 7. The van der Waals surface area contributed by atoms with Gasteiger partial charge in [0.25, 0.3) is 5.56 Å². The van der Waals surface area contributed by atoms with E-state index in [2.05, 4.69) is 20.3 Å². The van der Waals surface area contributed by atoms with Crippen molar-refractivity contribution in [2.45, 2.75) is 25.8 Å². The van der Waals surface area contributed by atoms with Crippen LogP contribution in [0, 0.1) is 5.92 Å². The van der Waals surface area contributed by atoms with Crippen LogP contribution >= 0.6 is 0 Å². The van der Waals surface area contributed by atoms with Gasteiger partial charge < -0.3 is 10.2 Å². The smallest absolute Gasteiger partial charge is 0.269 e. The van der Waals surface area contributed by atoms with Crippen molar-refractivity contribution in [1.29, 1.82) is 0 Å². The van der Waals surface area contributed by atoms with Gasteiger partial charge >= 0.3 is 0 Å². The number of hydrogen-bond acceptors (Lipinski definition) is 5. The first-order valence-corrected chi connectivity index (χ1v) is 10.7. The fourth-order valence-corrected chi connectivity index (χ4v) is 3.92. The van der Waals surface area contributed by atoms with E-state index in [0.717, 1.165) is 42.6 Å². The molecule has 0 bridgehead atoms. The lowest BCUT2D eigenvalue weighted by Crippen LogP contribution is -2.44. The maximum atomic E-state index is 12.7. The number of piperidine rings is 1. The van der Waals surface area contributed by atoms with Crippen molar-refractivity contribution in [3.05, 3.63) is 88.6 Å². The molecule has 1 amide bonds. The summed E-state index contributed by atoms with van der Waals surface area (Å²) in [6, 6.07) is 15.3. The van der Waals surface area contributed by atoms with Crippen LogP contribution < -0.4 is 15.8 Å². The molecule has 1 fully saturated rings. The number of amides is 1. The topological polar surface area (TPSA) is 80.1 Å². The van der Waals surface area contributed by atoms with Crippen LogP contribution in [0.25, 0.3) is 0 Å². The molecule has 1 aliphatic rings. The molecule has 4 rings (SSSR count). The van der Waals surface area contributed by atoms with Gasteiger partial charge in [0.1, 0.15) is 0 Å². The lowest BCUT2D eigenvalue weighted by Gasteiger charge is -2.33. The number of hydrogen-bond donors (Lipinski definition) is 1. The molecule has 3 aromatic rings. The molecule has 7 nitrogen and oxygen atoms in total. The number of pyridine rings is 1. The van der Waals surface area contributed by atoms with Gasteiger partial charge in [-0.05, 0) is 36.5 Å². The maximum Gasteiger partial charge on any atom is 0.269 e. The molecule has 1 atom stereocenters. The molecular formula is C24H27N5O2. The van der Waals surface area contributed by atoms with Crippen LogP contribution in [0.1, 0.15) is 24.0 Å². The lowest BCUT2D eigenvalue weighted by molar-refractivity contribution is -0.125. The summed E-state index contributed by atoms with van der Waals surface area (Å²) in [6.45, 7) is 2.46. The van der Waals surface area contributed by atoms with Gasteiger partial charge in [-0.2, -0.15) is 5.10 Å². The molecule has 1 saturated heterocycles. The number of nitrogens with one attached hydrogen (secondary N) is 1. The van der Waals surface area contributed by atoms with Crippen molar-refractivity contribution in [2.75, 3.05) is 24.5 Å². The second-order valence-electron chi connectivity index (χ2n) is 7.88. The van der Waals surface area contributed by atoms with Crippen molar-refractivity contribution in [3.63, 3.8) is 0 Å². The molecule has 0 unspecified atom stereocenters. The van der Waals surface area contributed by atoms with Crippen molar-refractivity contribution in [3.8, 4) is 0 Å². The number of nitrogens with zero attached hydrogens (tertiary/aromatic N) is 4. The molecular weight excluding hydrogens is 390 g/mol. The molecule has 0 aliphatic carbocycles. The molecule has 7 heteroatoms. The predicted molar refractivity (Wildman–Crippen MR) is 120 cm³/mol. The number of benzene rings is 1. The minimum Gasteiger partial charge on any atom is -0.369 e. The van der Waals surface area contributed by atoms with Crippen molar-refractivity contribution in [1.82, 2.24) is 20.1 Å². The second kappa shape index (κ2) is 10.0. The molecule has 1 aromatic carbocycles. The number of carbonyl (C=O) groups excluding carboxylic acids is 1. The summed E-state index contributed by atoms with van der Waals surface area (Å²) in [5, 5.41) is 7.40. The van der Waals surface area contributed by atoms with Crippen LogP contribution in [0.4, 0.5) is 5.69 Å². The standard InChI is InChI=1S/C24H27N5O2/c30-23-14-22(16-27-29(23)17-20-6-2-1-3-7-20)28-13-5-9-21(18-28)24(31)26-12-10-19-8-4-11-25-15-19/h1-4,6-8,11,14-16,21H,5,9-10,12-13,17-18H2,(H,26,31)/t21-/m1/s1. The maximum absolute atomic E-state index is 12.7. The fraction of sp³-hybridized carbons (Fsp3) is 0.333. The van der Waals surface area contributed by atoms with E-state index in [1.165, 1.54) is 4.68 Å². The van der Waals surface area contributed by atoms with Crippen molar-refractivity contribution in [2.24, 2.45) is 5.92 Å². The quantitative estimate of drug-likeness (QED) is 0.638. The summed E-state index contributed by atoms with van der Waals surface area (Å²) in [5.41, 5.74) is 2.78. The van der Waals surface area contributed by atoms with E-state index in [1.54, 1.807) is 18.5 Å². The zero-order valence-corrected chi connectivity index (χ0v) is 17.5. The van der Waals surface area contributed by atoms with Gasteiger partial charge in [0.2, 0.25) is 5.91 Å². The first kappa shape index (κ1) is 20.8. The SMILES string of the molecule is O=C(NCCc1cccnc1)[C@@H]1CCCN(c2cnn(Cc3ccccc3)c(=O)c2)C1. The Balaban J connectivity index is 1.34. The molecule has 31 heavy (non-hydrogen) atoms. The minimum absolute atomic E-state index is 0.0685. The summed E-state index contributed by atoms with van der Waals surface area (Å²) >= 11 is 0. The van der Waals surface area contributed by atoms with Gasteiger partial charge in [0.15, 0.2) is 0 Å². The summed E-state index contributed by atoms with van der Waals surface area (Å²) in [4.78, 5) is 31.4. The Labute approximate surface area is 181 Å². The second-order valence-corrected chi connectivity index (χ2v) is 7.88. The van der Waals surface area contributed by atoms with E-state index >= 15 is 0 Å². The third-order valence-corrected chi connectivity index (χ3v) is 5.62. The zero-order valence-electron chi connectivity index (χ0n) is 17.5. The highest BCUT2D eigenvalue weighted by Gasteiger charge is 2.26. The molecule has 0 radical (unpaired) electrons. The lowest BCUT2D eigenvalue weighted by atomic mass is 9.96. The Hall–Kier alpha value is -3.48. The van der Waals surface area contributed by atoms with E-state index in [0.29, 0.717) is 19.6 Å². The van der Waals surface area contributed by atoms with Crippen LogP contribution in [0.2, 0.25) is 0 Å². The Kier molecular flexibility index (Phi) is 6.72. The third kappa shape index (κ3) is 5.57. The summed E-state index contributed by atoms with van der Waals surface area (Å²) in [7, 11) is 0. The highest BCUT2D eigenvalue weighted by atomic mass is 16.2.